The van der Waals surface area contributed by atoms with E-state index in [0.717, 1.165) is 0 Å². The Bertz CT molecular complexity index is 768. The minimum atomic E-state index is -0.713. The summed E-state index contributed by atoms with van der Waals surface area (Å²) >= 11 is 0. The maximum atomic E-state index is 13.0. The number of rotatable bonds is 1. The zero-order valence-corrected chi connectivity index (χ0v) is 23.8. The second-order valence-electron chi connectivity index (χ2n) is 12.1. The van der Waals surface area contributed by atoms with Crippen molar-refractivity contribution in [1.82, 2.24) is 19.6 Å². The van der Waals surface area contributed by atoms with Crippen molar-refractivity contribution in [3.05, 3.63) is 0 Å². The molecule has 11 nitrogen and oxygen atoms in total. The second-order valence-corrected chi connectivity index (χ2v) is 12.1. The first kappa shape index (κ1) is 31.3. The van der Waals surface area contributed by atoms with E-state index in [0.29, 0.717) is 6.41 Å². The highest BCUT2D eigenvalue weighted by atomic mass is 16.6. The van der Waals surface area contributed by atoms with Gasteiger partial charge in [-0.25, -0.2) is 14.4 Å². The van der Waals surface area contributed by atoms with E-state index in [1.54, 1.807) is 67.2 Å². The van der Waals surface area contributed by atoms with Gasteiger partial charge in [-0.2, -0.15) is 0 Å². The lowest BCUT2D eigenvalue weighted by Crippen LogP contribution is -2.53. The largest absolute Gasteiger partial charge is 0.444 e. The molecule has 1 rings (SSSR count). The van der Waals surface area contributed by atoms with Crippen LogP contribution >= 0.6 is 0 Å². The standard InChI is InChI=1S/C25H46N4O7/c1-19-17-28(22(33)36-25(8,9)10)15-13-26(20(31)34-23(2,3)4)11-12-27(14-16-29(19)18-30)21(32)35-24(5,6)7/h18-19H,11-17H2,1-10H3. The van der Waals surface area contributed by atoms with Crippen molar-refractivity contribution in [2.24, 2.45) is 0 Å². The number of carbonyl (C=O) groups excluding carboxylic acids is 4. The number of nitrogens with zero attached hydrogens (tertiary/aromatic N) is 4. The van der Waals surface area contributed by atoms with E-state index in [1.807, 2.05) is 6.92 Å². The molecule has 0 radical (unpaired) electrons. The molecule has 1 atom stereocenters. The molecule has 1 aliphatic rings. The molecule has 0 aromatic heterocycles. The van der Waals surface area contributed by atoms with Gasteiger partial charge in [-0.1, -0.05) is 0 Å². The van der Waals surface area contributed by atoms with E-state index < -0.39 is 35.1 Å². The van der Waals surface area contributed by atoms with Gasteiger partial charge >= 0.3 is 18.3 Å². The van der Waals surface area contributed by atoms with Gasteiger partial charge in [-0.05, 0) is 69.2 Å². The number of hydrogen-bond acceptors (Lipinski definition) is 7. The van der Waals surface area contributed by atoms with Crippen molar-refractivity contribution < 1.29 is 33.4 Å². The van der Waals surface area contributed by atoms with E-state index in [1.165, 1.54) is 14.7 Å². The van der Waals surface area contributed by atoms with Crippen LogP contribution in [0.5, 0.6) is 0 Å². The van der Waals surface area contributed by atoms with Crippen LogP contribution in [0.1, 0.15) is 69.2 Å². The first-order valence-electron chi connectivity index (χ1n) is 12.5. The molecule has 1 saturated heterocycles. The van der Waals surface area contributed by atoms with Gasteiger partial charge in [0, 0.05) is 51.9 Å². The summed E-state index contributed by atoms with van der Waals surface area (Å²) in [6.45, 7) is 19.1. The number of carbonyl (C=O) groups is 4. The van der Waals surface area contributed by atoms with Crippen LogP contribution < -0.4 is 0 Å². The summed E-state index contributed by atoms with van der Waals surface area (Å²) < 4.78 is 16.7. The molecular weight excluding hydrogens is 468 g/mol. The van der Waals surface area contributed by atoms with Crippen LogP contribution in [0.25, 0.3) is 0 Å². The molecule has 0 aromatic carbocycles. The second kappa shape index (κ2) is 12.5. The maximum absolute atomic E-state index is 13.0. The molecule has 0 spiro atoms. The normalized spacial score (nSPS) is 19.1. The van der Waals surface area contributed by atoms with Gasteiger partial charge in [0.2, 0.25) is 6.41 Å². The van der Waals surface area contributed by atoms with Crippen LogP contribution in [0.15, 0.2) is 0 Å². The van der Waals surface area contributed by atoms with E-state index in [9.17, 15) is 19.2 Å². The molecule has 36 heavy (non-hydrogen) atoms. The number of amides is 4. The summed E-state index contributed by atoms with van der Waals surface area (Å²) in [6.07, 6.45) is -0.894. The lowest BCUT2D eigenvalue weighted by atomic mass is 10.2. The summed E-state index contributed by atoms with van der Waals surface area (Å²) in [4.78, 5) is 56.7. The average Bonchev–Trinajstić information content (AvgIpc) is 2.66. The lowest BCUT2D eigenvalue weighted by Gasteiger charge is -2.37. The predicted octanol–water partition coefficient (Wildman–Crippen LogP) is 3.56. The van der Waals surface area contributed by atoms with Crippen LogP contribution in [0, 0.1) is 0 Å². The number of hydrogen-bond donors (Lipinski definition) is 0. The van der Waals surface area contributed by atoms with Crippen molar-refractivity contribution in [1.29, 1.82) is 0 Å². The summed E-state index contributed by atoms with van der Waals surface area (Å²) in [6, 6.07) is -0.357. The minimum absolute atomic E-state index is 0.157. The van der Waals surface area contributed by atoms with Crippen LogP contribution in [0.2, 0.25) is 0 Å². The smallest absolute Gasteiger partial charge is 0.410 e. The summed E-state index contributed by atoms with van der Waals surface area (Å²) in [5.41, 5.74) is -2.11. The first-order chi connectivity index (χ1) is 16.3. The maximum Gasteiger partial charge on any atom is 0.410 e. The number of ether oxygens (including phenoxy) is 3. The Labute approximate surface area is 216 Å². The lowest BCUT2D eigenvalue weighted by molar-refractivity contribution is -0.120. The topological polar surface area (TPSA) is 109 Å². The molecule has 0 saturated carbocycles. The Kier molecular flexibility index (Phi) is 10.9. The van der Waals surface area contributed by atoms with Crippen molar-refractivity contribution >= 4 is 24.7 Å². The zero-order chi connectivity index (χ0) is 27.9. The molecule has 1 unspecified atom stereocenters. The fourth-order valence-electron chi connectivity index (χ4n) is 3.35. The molecule has 11 heteroatoms. The average molecular weight is 515 g/mol. The fourth-order valence-corrected chi connectivity index (χ4v) is 3.35. The summed E-state index contributed by atoms with van der Waals surface area (Å²) in [5.74, 6) is 0. The van der Waals surface area contributed by atoms with E-state index in [2.05, 4.69) is 0 Å². The van der Waals surface area contributed by atoms with Gasteiger partial charge in [-0.15, -0.1) is 0 Å². The third-order valence-electron chi connectivity index (χ3n) is 5.05. The third kappa shape index (κ3) is 11.8. The Balaban J connectivity index is 3.26. The highest BCUT2D eigenvalue weighted by Gasteiger charge is 2.30. The highest BCUT2D eigenvalue weighted by molar-refractivity contribution is 5.70. The molecule has 0 aromatic rings. The van der Waals surface area contributed by atoms with E-state index in [-0.39, 0.29) is 51.9 Å². The molecular formula is C25H46N4O7. The zero-order valence-electron chi connectivity index (χ0n) is 23.8. The SMILES string of the molecule is CC1CN(C(=O)OC(C)(C)C)CCN(C(=O)OC(C)(C)C)CCN(C(=O)OC(C)(C)C)CCN1C=O. The van der Waals surface area contributed by atoms with Gasteiger partial charge in [0.25, 0.3) is 0 Å². The summed E-state index contributed by atoms with van der Waals surface area (Å²) in [7, 11) is 0. The van der Waals surface area contributed by atoms with Crippen molar-refractivity contribution in [3.63, 3.8) is 0 Å². The van der Waals surface area contributed by atoms with Gasteiger partial charge in [0.05, 0.1) is 0 Å². The van der Waals surface area contributed by atoms with Gasteiger partial charge in [0.15, 0.2) is 0 Å². The van der Waals surface area contributed by atoms with Crippen LogP contribution in [0.4, 0.5) is 14.4 Å². The van der Waals surface area contributed by atoms with E-state index in [4.69, 9.17) is 14.2 Å². The van der Waals surface area contributed by atoms with Gasteiger partial charge in [0.1, 0.15) is 16.8 Å². The van der Waals surface area contributed by atoms with Crippen LogP contribution in [0.3, 0.4) is 0 Å². The fraction of sp³-hybridized carbons (Fsp3) is 0.840. The molecule has 1 fully saturated rings. The molecule has 1 heterocycles. The third-order valence-corrected chi connectivity index (χ3v) is 5.05. The Morgan fingerprint density at radius 3 is 1.25 bits per heavy atom. The van der Waals surface area contributed by atoms with Gasteiger partial charge in [-0.3, -0.25) is 4.79 Å². The van der Waals surface area contributed by atoms with Crippen LogP contribution in [-0.4, -0.2) is 113 Å². The molecule has 0 aliphatic carbocycles. The van der Waals surface area contributed by atoms with Gasteiger partial charge < -0.3 is 33.8 Å². The monoisotopic (exact) mass is 514 g/mol. The molecule has 0 N–H and O–H groups in total. The Morgan fingerprint density at radius 2 is 0.917 bits per heavy atom. The molecule has 208 valence electrons. The summed E-state index contributed by atoms with van der Waals surface area (Å²) in [5, 5.41) is 0. The van der Waals surface area contributed by atoms with Crippen molar-refractivity contribution in [2.75, 3.05) is 45.8 Å². The Hall–Kier alpha value is -2.72. The Morgan fingerprint density at radius 1 is 0.611 bits per heavy atom. The molecule has 0 bridgehead atoms. The quantitative estimate of drug-likeness (QED) is 0.389. The molecule has 1 aliphatic heterocycles. The van der Waals surface area contributed by atoms with Crippen molar-refractivity contribution in [2.45, 2.75) is 92.1 Å². The first-order valence-corrected chi connectivity index (χ1v) is 12.5. The van der Waals surface area contributed by atoms with E-state index >= 15 is 0 Å². The van der Waals surface area contributed by atoms with Crippen LogP contribution in [-0.2, 0) is 19.0 Å². The predicted molar refractivity (Wildman–Crippen MR) is 136 cm³/mol. The van der Waals surface area contributed by atoms with Crippen molar-refractivity contribution in [3.8, 4) is 0 Å². The molecule has 4 amide bonds. The highest BCUT2D eigenvalue weighted by Crippen LogP contribution is 2.15. The minimum Gasteiger partial charge on any atom is -0.444 e.